The van der Waals surface area contributed by atoms with Crippen molar-refractivity contribution in [2.75, 3.05) is 26.7 Å². The molecule has 1 aromatic heterocycles. The van der Waals surface area contributed by atoms with E-state index in [2.05, 4.69) is 36.2 Å². The highest BCUT2D eigenvalue weighted by atomic mass is 16.5. The number of amides is 2. The van der Waals surface area contributed by atoms with Crippen molar-refractivity contribution in [2.24, 2.45) is 0 Å². The van der Waals surface area contributed by atoms with Gasteiger partial charge in [0.05, 0.1) is 19.3 Å². The van der Waals surface area contributed by atoms with Gasteiger partial charge in [-0.1, -0.05) is 73.7 Å². The molecule has 1 N–H and O–H groups in total. The molecule has 3 heterocycles. The van der Waals surface area contributed by atoms with Crippen LogP contribution in [0, 0.1) is 0 Å². The van der Waals surface area contributed by atoms with Gasteiger partial charge in [-0.2, -0.15) is 0 Å². The van der Waals surface area contributed by atoms with E-state index in [-0.39, 0.29) is 30.2 Å². The minimum absolute atomic E-state index is 0.0356. The summed E-state index contributed by atoms with van der Waals surface area (Å²) >= 11 is 0. The number of fused-ring (bicyclic) bond motifs is 5. The molecule has 3 aromatic carbocycles. The summed E-state index contributed by atoms with van der Waals surface area (Å²) in [5.41, 5.74) is 3.88. The van der Waals surface area contributed by atoms with Crippen LogP contribution in [0.25, 0.3) is 10.9 Å². The average molecular weight is 494 g/mol. The first kappa shape index (κ1) is 23.3. The van der Waals surface area contributed by atoms with Gasteiger partial charge in [-0.15, -0.1) is 0 Å². The predicted octanol–water partition coefficient (Wildman–Crippen LogP) is 5.01. The highest BCUT2D eigenvalue weighted by molar-refractivity contribution is 6.01. The van der Waals surface area contributed by atoms with E-state index in [1.807, 2.05) is 61.5 Å². The molecular formula is C31H31N3O3. The lowest BCUT2D eigenvalue weighted by Crippen LogP contribution is -2.67. The Balaban J connectivity index is 1.48. The van der Waals surface area contributed by atoms with E-state index in [0.717, 1.165) is 39.0 Å². The van der Waals surface area contributed by atoms with Crippen molar-refractivity contribution in [1.29, 1.82) is 0 Å². The Morgan fingerprint density at radius 3 is 2.49 bits per heavy atom. The molecule has 1 saturated heterocycles. The van der Waals surface area contributed by atoms with E-state index < -0.39 is 5.54 Å². The Morgan fingerprint density at radius 1 is 1.00 bits per heavy atom. The minimum atomic E-state index is -1.11. The molecule has 0 spiro atoms. The monoisotopic (exact) mass is 493 g/mol. The molecule has 0 aliphatic carbocycles. The van der Waals surface area contributed by atoms with Crippen molar-refractivity contribution in [1.82, 2.24) is 14.8 Å². The molecule has 6 heteroatoms. The molecular weight excluding hydrogens is 462 g/mol. The van der Waals surface area contributed by atoms with Crippen LogP contribution in [-0.2, 0) is 15.1 Å². The third-order valence-corrected chi connectivity index (χ3v) is 8.19. The molecule has 0 unspecified atom stereocenters. The third kappa shape index (κ3) is 3.54. The van der Waals surface area contributed by atoms with Crippen LogP contribution in [0.4, 0.5) is 0 Å². The number of H-pyrrole nitrogens is 1. The molecule has 2 aliphatic heterocycles. The second-order valence-corrected chi connectivity index (χ2v) is 10.3. The zero-order chi connectivity index (χ0) is 25.7. The number of ether oxygens (including phenoxy) is 1. The Morgan fingerprint density at radius 2 is 1.70 bits per heavy atom. The summed E-state index contributed by atoms with van der Waals surface area (Å²) in [6.07, 6.45) is 0. The number of rotatable bonds is 5. The molecule has 37 heavy (non-hydrogen) atoms. The van der Waals surface area contributed by atoms with Gasteiger partial charge in [0.2, 0.25) is 5.91 Å². The van der Waals surface area contributed by atoms with Crippen molar-refractivity contribution in [3.8, 4) is 5.75 Å². The molecule has 0 radical (unpaired) electrons. The van der Waals surface area contributed by atoms with Gasteiger partial charge in [0.25, 0.3) is 5.91 Å². The van der Waals surface area contributed by atoms with Crippen molar-refractivity contribution in [3.05, 3.63) is 101 Å². The van der Waals surface area contributed by atoms with Crippen LogP contribution < -0.4 is 4.74 Å². The van der Waals surface area contributed by atoms with Crippen LogP contribution in [-0.4, -0.2) is 53.3 Å². The Kier molecular flexibility index (Phi) is 5.55. The number of benzene rings is 3. The number of hydrogen-bond acceptors (Lipinski definition) is 3. The molecule has 4 aromatic rings. The molecule has 1 fully saturated rings. The molecule has 2 aliphatic rings. The van der Waals surface area contributed by atoms with Crippen LogP contribution >= 0.6 is 0 Å². The van der Waals surface area contributed by atoms with Crippen LogP contribution in [0.3, 0.4) is 0 Å². The van der Waals surface area contributed by atoms with Crippen molar-refractivity contribution in [2.45, 2.75) is 31.2 Å². The van der Waals surface area contributed by atoms with Crippen molar-refractivity contribution < 1.29 is 14.3 Å². The van der Waals surface area contributed by atoms with E-state index >= 15 is 0 Å². The lowest BCUT2D eigenvalue weighted by atomic mass is 9.76. The molecule has 0 bridgehead atoms. The number of nitrogens with zero attached hydrogens (tertiary/aromatic N) is 2. The fourth-order valence-electron chi connectivity index (χ4n) is 6.28. The number of hydrogen-bond donors (Lipinski definition) is 1. The van der Waals surface area contributed by atoms with Gasteiger partial charge >= 0.3 is 0 Å². The SMILES string of the molecule is COc1ccccc1[C@@H]1CN2C(=O)CN(C[C@@H](C)c3ccccc3)C(=O)[C@]2(C)c2[nH]c3ccccc3c21. The summed E-state index contributed by atoms with van der Waals surface area (Å²) in [5, 5.41) is 1.07. The average Bonchev–Trinajstić information content (AvgIpc) is 3.33. The van der Waals surface area contributed by atoms with Gasteiger partial charge < -0.3 is 19.5 Å². The lowest BCUT2D eigenvalue weighted by molar-refractivity contribution is -0.166. The highest BCUT2D eigenvalue weighted by Gasteiger charge is 2.56. The van der Waals surface area contributed by atoms with E-state index in [1.165, 1.54) is 0 Å². The Bertz CT molecular complexity index is 1490. The molecule has 6 rings (SSSR count). The first-order valence-electron chi connectivity index (χ1n) is 12.8. The minimum Gasteiger partial charge on any atom is -0.496 e. The fourth-order valence-corrected chi connectivity index (χ4v) is 6.28. The number of carbonyl (C=O) groups is 2. The molecule has 188 valence electrons. The highest BCUT2D eigenvalue weighted by Crippen LogP contribution is 2.49. The summed E-state index contributed by atoms with van der Waals surface area (Å²) in [6, 6.07) is 26.2. The van der Waals surface area contributed by atoms with Crippen LogP contribution in [0.5, 0.6) is 5.75 Å². The van der Waals surface area contributed by atoms with E-state index in [4.69, 9.17) is 4.74 Å². The van der Waals surface area contributed by atoms with Gasteiger partial charge in [0, 0.05) is 35.5 Å². The van der Waals surface area contributed by atoms with Gasteiger partial charge in [0.15, 0.2) is 5.54 Å². The van der Waals surface area contributed by atoms with Crippen LogP contribution in [0.2, 0.25) is 0 Å². The molecule has 2 amide bonds. The number of piperazine rings is 1. The van der Waals surface area contributed by atoms with Gasteiger partial charge in [-0.05, 0) is 36.1 Å². The van der Waals surface area contributed by atoms with Crippen molar-refractivity contribution >= 4 is 22.7 Å². The maximum atomic E-state index is 14.3. The summed E-state index contributed by atoms with van der Waals surface area (Å²) in [5.74, 6) is 0.691. The number of methoxy groups -OCH3 is 1. The van der Waals surface area contributed by atoms with E-state index in [9.17, 15) is 9.59 Å². The second kappa shape index (κ2) is 8.80. The summed E-state index contributed by atoms with van der Waals surface area (Å²) in [4.78, 5) is 35.1. The number of nitrogens with one attached hydrogen (secondary N) is 1. The maximum Gasteiger partial charge on any atom is 0.254 e. The smallest absolute Gasteiger partial charge is 0.254 e. The fraction of sp³-hybridized carbons (Fsp3) is 0.290. The normalized spacial score (nSPS) is 22.1. The topological polar surface area (TPSA) is 65.6 Å². The molecule has 0 saturated carbocycles. The predicted molar refractivity (Wildman–Crippen MR) is 144 cm³/mol. The quantitative estimate of drug-likeness (QED) is 0.425. The van der Waals surface area contributed by atoms with E-state index in [0.29, 0.717) is 13.1 Å². The summed E-state index contributed by atoms with van der Waals surface area (Å²) < 4.78 is 5.73. The number of aromatic nitrogens is 1. The zero-order valence-electron chi connectivity index (χ0n) is 21.4. The Hall–Kier alpha value is -4.06. The molecule has 6 nitrogen and oxygen atoms in total. The maximum absolute atomic E-state index is 14.3. The Labute approximate surface area is 216 Å². The van der Waals surface area contributed by atoms with Crippen molar-refractivity contribution in [3.63, 3.8) is 0 Å². The summed E-state index contributed by atoms with van der Waals surface area (Å²) in [6.45, 7) is 5.00. The zero-order valence-corrected chi connectivity index (χ0v) is 21.4. The third-order valence-electron chi connectivity index (χ3n) is 8.19. The first-order chi connectivity index (χ1) is 17.9. The number of para-hydroxylation sites is 2. The standard InChI is InChI=1S/C31H31N3O3/c1-20(21-11-5-4-6-12-21)17-33-19-27(35)34-18-24(22-13-8-10-16-26(22)37-3)28-23-14-7-9-15-25(23)32-29(28)31(34,2)30(33)36/h4-16,20,24,32H,17-19H2,1-3H3/t20-,24+,31+/m1/s1. The van der Waals surface area contributed by atoms with Gasteiger partial charge in [-0.3, -0.25) is 9.59 Å². The lowest BCUT2D eigenvalue weighted by Gasteiger charge is -2.51. The number of aromatic amines is 1. The van der Waals surface area contributed by atoms with Gasteiger partial charge in [-0.25, -0.2) is 0 Å². The van der Waals surface area contributed by atoms with Crippen LogP contribution in [0.1, 0.15) is 48.1 Å². The largest absolute Gasteiger partial charge is 0.496 e. The van der Waals surface area contributed by atoms with Gasteiger partial charge in [0.1, 0.15) is 5.75 Å². The first-order valence-corrected chi connectivity index (χ1v) is 12.8. The van der Waals surface area contributed by atoms with E-state index in [1.54, 1.807) is 16.9 Å². The molecule has 3 atom stereocenters. The number of carbonyl (C=O) groups excluding carboxylic acids is 2. The summed E-state index contributed by atoms with van der Waals surface area (Å²) in [7, 11) is 1.67. The van der Waals surface area contributed by atoms with Crippen LogP contribution in [0.15, 0.2) is 78.9 Å². The second-order valence-electron chi connectivity index (χ2n) is 10.3.